The monoisotopic (exact) mass is 313 g/mol. The van der Waals surface area contributed by atoms with Crippen LogP contribution >= 0.6 is 11.3 Å². The quantitative estimate of drug-likeness (QED) is 0.616. The number of carboxylic acids is 1. The Kier molecular flexibility index (Phi) is 6.67. The van der Waals surface area contributed by atoms with Gasteiger partial charge < -0.3 is 15.7 Å². The predicted molar refractivity (Wildman–Crippen MR) is 80.8 cm³/mol. The van der Waals surface area contributed by atoms with Gasteiger partial charge in [0.25, 0.3) is 0 Å². The van der Waals surface area contributed by atoms with Crippen LogP contribution in [-0.4, -0.2) is 35.6 Å². The second-order valence-corrected chi connectivity index (χ2v) is 5.39. The van der Waals surface area contributed by atoms with Crippen molar-refractivity contribution in [1.29, 1.82) is 0 Å². The molecule has 8 heteroatoms. The van der Waals surface area contributed by atoms with Crippen molar-refractivity contribution in [2.24, 2.45) is 0 Å². The predicted octanol–water partition coefficient (Wildman–Crippen LogP) is 1.87. The van der Waals surface area contributed by atoms with Crippen LogP contribution in [0.2, 0.25) is 0 Å². The van der Waals surface area contributed by atoms with Gasteiger partial charge in [-0.3, -0.25) is 10.1 Å². The molecule has 1 aromatic heterocycles. The number of hydrogen-bond acceptors (Lipinski definition) is 4. The molecule has 1 atom stereocenters. The minimum Gasteiger partial charge on any atom is -0.478 e. The van der Waals surface area contributed by atoms with Crippen LogP contribution in [-0.2, 0) is 4.79 Å². The van der Waals surface area contributed by atoms with Gasteiger partial charge in [-0.15, -0.1) is 11.3 Å². The van der Waals surface area contributed by atoms with Crippen molar-refractivity contribution in [2.75, 3.05) is 11.9 Å². The van der Waals surface area contributed by atoms with Crippen molar-refractivity contribution < 1.29 is 19.5 Å². The van der Waals surface area contributed by atoms with E-state index in [1.54, 1.807) is 5.38 Å². The molecule has 0 aliphatic carbocycles. The number of aromatic carboxylic acids is 1. The van der Waals surface area contributed by atoms with E-state index in [0.29, 0.717) is 0 Å². The van der Waals surface area contributed by atoms with Gasteiger partial charge >= 0.3 is 12.0 Å². The van der Waals surface area contributed by atoms with Gasteiger partial charge in [-0.05, 0) is 24.8 Å². The fourth-order valence-corrected chi connectivity index (χ4v) is 2.23. The number of carbonyl (C=O) groups is 3. The van der Waals surface area contributed by atoms with E-state index in [9.17, 15) is 14.4 Å². The Morgan fingerprint density at radius 3 is 2.71 bits per heavy atom. The number of amides is 3. The molecule has 7 nitrogen and oxygen atoms in total. The average Bonchev–Trinajstić information content (AvgIpc) is 2.86. The summed E-state index contributed by atoms with van der Waals surface area (Å²) in [5, 5.41) is 18.5. The third kappa shape index (κ3) is 5.82. The number of urea groups is 1. The molecule has 116 valence electrons. The molecule has 0 aromatic carbocycles. The maximum Gasteiger partial charge on any atom is 0.338 e. The van der Waals surface area contributed by atoms with Crippen molar-refractivity contribution >= 4 is 34.2 Å². The molecule has 0 aliphatic heterocycles. The van der Waals surface area contributed by atoms with Crippen molar-refractivity contribution in [2.45, 2.75) is 32.7 Å². The van der Waals surface area contributed by atoms with Crippen LogP contribution in [0.1, 0.15) is 37.0 Å². The van der Waals surface area contributed by atoms with Gasteiger partial charge in [0.1, 0.15) is 5.00 Å². The summed E-state index contributed by atoms with van der Waals surface area (Å²) >= 11 is 1.13. The molecule has 1 heterocycles. The fourth-order valence-electron chi connectivity index (χ4n) is 1.46. The molecule has 3 amide bonds. The molecule has 0 radical (unpaired) electrons. The lowest BCUT2D eigenvalue weighted by Gasteiger charge is -2.11. The van der Waals surface area contributed by atoms with Crippen LogP contribution in [0.25, 0.3) is 0 Å². The first kappa shape index (κ1) is 17.0. The number of thiophene rings is 1. The number of rotatable bonds is 7. The van der Waals surface area contributed by atoms with E-state index in [-0.39, 0.29) is 35.5 Å². The summed E-state index contributed by atoms with van der Waals surface area (Å²) in [5.41, 5.74) is 0.0460. The Morgan fingerprint density at radius 1 is 1.38 bits per heavy atom. The number of nitrogens with one attached hydrogen (secondary N) is 3. The molecular formula is C13H19N3O4S. The van der Waals surface area contributed by atoms with Crippen molar-refractivity contribution in [3.63, 3.8) is 0 Å². The van der Waals surface area contributed by atoms with Crippen LogP contribution < -0.4 is 16.0 Å². The molecular weight excluding hydrogens is 294 g/mol. The SMILES string of the molecule is CCC(C)NC(=O)CCNC(=O)Nc1sccc1C(=O)O. The van der Waals surface area contributed by atoms with Crippen LogP contribution in [0.5, 0.6) is 0 Å². The average molecular weight is 313 g/mol. The smallest absolute Gasteiger partial charge is 0.338 e. The fraction of sp³-hybridized carbons (Fsp3) is 0.462. The highest BCUT2D eigenvalue weighted by Gasteiger charge is 2.13. The Labute approximate surface area is 126 Å². The number of hydrogen-bond donors (Lipinski definition) is 4. The molecule has 1 unspecified atom stereocenters. The number of carboxylic acid groups (broad SMARTS) is 1. The molecule has 0 bridgehead atoms. The first-order valence-corrected chi connectivity index (χ1v) is 7.47. The van der Waals surface area contributed by atoms with Gasteiger partial charge in [-0.25, -0.2) is 9.59 Å². The highest BCUT2D eigenvalue weighted by Crippen LogP contribution is 2.22. The Balaban J connectivity index is 2.33. The summed E-state index contributed by atoms with van der Waals surface area (Å²) in [6.07, 6.45) is 1.02. The van der Waals surface area contributed by atoms with Crippen LogP contribution in [0, 0.1) is 0 Å². The van der Waals surface area contributed by atoms with E-state index in [1.807, 2.05) is 13.8 Å². The zero-order valence-corrected chi connectivity index (χ0v) is 12.8. The lowest BCUT2D eigenvalue weighted by molar-refractivity contribution is -0.121. The van der Waals surface area contributed by atoms with Crippen molar-refractivity contribution in [3.8, 4) is 0 Å². The number of anilines is 1. The third-order valence-corrected chi connectivity index (χ3v) is 3.61. The van der Waals surface area contributed by atoms with Crippen molar-refractivity contribution in [3.05, 3.63) is 17.0 Å². The second kappa shape index (κ2) is 8.25. The van der Waals surface area contributed by atoms with Crippen LogP contribution in [0.3, 0.4) is 0 Å². The summed E-state index contributed by atoms with van der Waals surface area (Å²) in [6.45, 7) is 4.06. The highest BCUT2D eigenvalue weighted by molar-refractivity contribution is 7.14. The summed E-state index contributed by atoms with van der Waals surface area (Å²) in [7, 11) is 0. The van der Waals surface area contributed by atoms with E-state index in [0.717, 1.165) is 17.8 Å². The molecule has 4 N–H and O–H groups in total. The molecule has 21 heavy (non-hydrogen) atoms. The van der Waals surface area contributed by atoms with Crippen LogP contribution in [0.4, 0.5) is 9.80 Å². The molecule has 0 aliphatic rings. The Hall–Kier alpha value is -2.09. The summed E-state index contributed by atoms with van der Waals surface area (Å²) in [5.74, 6) is -1.23. The maximum atomic E-state index is 11.6. The lowest BCUT2D eigenvalue weighted by Crippen LogP contribution is -2.36. The standard InChI is InChI=1S/C13H19N3O4S/c1-3-8(2)15-10(17)4-6-14-13(20)16-11-9(12(18)19)5-7-21-11/h5,7-8H,3-4,6H2,1-2H3,(H,15,17)(H,18,19)(H2,14,16,20). The topological polar surface area (TPSA) is 108 Å². The first-order chi connectivity index (χ1) is 9.93. The highest BCUT2D eigenvalue weighted by atomic mass is 32.1. The summed E-state index contributed by atoms with van der Waals surface area (Å²) in [6, 6.07) is 0.995. The molecule has 0 spiro atoms. The van der Waals surface area contributed by atoms with Gasteiger partial charge in [0.2, 0.25) is 5.91 Å². The minimum atomic E-state index is -1.10. The zero-order valence-electron chi connectivity index (χ0n) is 11.9. The molecule has 0 saturated carbocycles. The Bertz CT molecular complexity index is 515. The van der Waals surface area contributed by atoms with E-state index in [1.165, 1.54) is 6.07 Å². The van der Waals surface area contributed by atoms with Crippen LogP contribution in [0.15, 0.2) is 11.4 Å². The van der Waals surface area contributed by atoms with Gasteiger partial charge in [-0.2, -0.15) is 0 Å². The third-order valence-electron chi connectivity index (χ3n) is 2.78. The largest absolute Gasteiger partial charge is 0.478 e. The minimum absolute atomic E-state index is 0.0460. The summed E-state index contributed by atoms with van der Waals surface area (Å²) < 4.78 is 0. The molecule has 0 fully saturated rings. The van der Waals surface area contributed by atoms with Crippen molar-refractivity contribution in [1.82, 2.24) is 10.6 Å². The molecule has 0 saturated heterocycles. The second-order valence-electron chi connectivity index (χ2n) is 4.48. The van der Waals surface area contributed by atoms with Gasteiger partial charge in [0, 0.05) is 19.0 Å². The normalized spacial score (nSPS) is 11.5. The van der Waals surface area contributed by atoms with Gasteiger partial charge in [0.05, 0.1) is 5.56 Å². The van der Waals surface area contributed by atoms with E-state index >= 15 is 0 Å². The maximum absolute atomic E-state index is 11.6. The Morgan fingerprint density at radius 2 is 2.10 bits per heavy atom. The number of carbonyl (C=O) groups excluding carboxylic acids is 2. The first-order valence-electron chi connectivity index (χ1n) is 6.59. The lowest BCUT2D eigenvalue weighted by atomic mass is 10.2. The van der Waals surface area contributed by atoms with E-state index in [4.69, 9.17) is 5.11 Å². The van der Waals surface area contributed by atoms with E-state index in [2.05, 4.69) is 16.0 Å². The zero-order chi connectivity index (χ0) is 15.8. The molecule has 1 rings (SSSR count). The van der Waals surface area contributed by atoms with E-state index < -0.39 is 12.0 Å². The van der Waals surface area contributed by atoms with Gasteiger partial charge in [-0.1, -0.05) is 6.92 Å². The summed E-state index contributed by atoms with van der Waals surface area (Å²) in [4.78, 5) is 34.0. The van der Waals surface area contributed by atoms with Gasteiger partial charge in [0.15, 0.2) is 0 Å². The molecule has 1 aromatic rings.